The first-order valence-electron chi connectivity index (χ1n) is 5.09. The molecule has 0 amide bonds. The molecule has 2 heteroatoms. The Labute approximate surface area is 85.3 Å². The number of rotatable bonds is 5. The van der Waals surface area contributed by atoms with Gasteiger partial charge < -0.3 is 5.32 Å². The van der Waals surface area contributed by atoms with Crippen molar-refractivity contribution >= 4 is 0 Å². The number of hydrogen-bond donors (Lipinski definition) is 1. The SMILES string of the molecule is CC(C)c1ccc(CNCCF)cc1. The van der Waals surface area contributed by atoms with Gasteiger partial charge >= 0.3 is 0 Å². The molecule has 0 aliphatic rings. The van der Waals surface area contributed by atoms with Crippen molar-refractivity contribution in [3.63, 3.8) is 0 Å². The molecule has 0 fully saturated rings. The van der Waals surface area contributed by atoms with E-state index in [9.17, 15) is 4.39 Å². The van der Waals surface area contributed by atoms with E-state index < -0.39 is 0 Å². The van der Waals surface area contributed by atoms with Gasteiger partial charge in [0.2, 0.25) is 0 Å². The highest BCUT2D eigenvalue weighted by molar-refractivity contribution is 5.24. The monoisotopic (exact) mass is 195 g/mol. The van der Waals surface area contributed by atoms with Gasteiger partial charge in [0.25, 0.3) is 0 Å². The highest BCUT2D eigenvalue weighted by atomic mass is 19.1. The van der Waals surface area contributed by atoms with Crippen molar-refractivity contribution in [3.8, 4) is 0 Å². The van der Waals surface area contributed by atoms with Crippen molar-refractivity contribution < 1.29 is 4.39 Å². The molecule has 0 aliphatic carbocycles. The molecule has 78 valence electrons. The van der Waals surface area contributed by atoms with Crippen molar-refractivity contribution in [2.75, 3.05) is 13.2 Å². The summed E-state index contributed by atoms with van der Waals surface area (Å²) in [5.41, 5.74) is 2.56. The molecular weight excluding hydrogens is 177 g/mol. The molecule has 1 aromatic carbocycles. The third-order valence-corrected chi connectivity index (χ3v) is 2.25. The van der Waals surface area contributed by atoms with Crippen LogP contribution >= 0.6 is 0 Å². The summed E-state index contributed by atoms with van der Waals surface area (Å²) in [7, 11) is 0. The summed E-state index contributed by atoms with van der Waals surface area (Å²) in [4.78, 5) is 0. The summed E-state index contributed by atoms with van der Waals surface area (Å²) in [5, 5.41) is 3.03. The molecule has 0 aromatic heterocycles. The smallest absolute Gasteiger partial charge is 0.102 e. The maximum Gasteiger partial charge on any atom is 0.102 e. The number of hydrogen-bond acceptors (Lipinski definition) is 1. The molecule has 14 heavy (non-hydrogen) atoms. The van der Waals surface area contributed by atoms with E-state index in [4.69, 9.17) is 0 Å². The van der Waals surface area contributed by atoms with Crippen LogP contribution in [0.2, 0.25) is 0 Å². The molecule has 0 unspecified atom stereocenters. The van der Waals surface area contributed by atoms with Crippen LogP contribution in [0.1, 0.15) is 30.9 Å². The number of halogens is 1. The number of nitrogens with one attached hydrogen (secondary N) is 1. The van der Waals surface area contributed by atoms with Crippen LogP contribution in [0.3, 0.4) is 0 Å². The largest absolute Gasteiger partial charge is 0.310 e. The molecule has 0 saturated carbocycles. The first kappa shape index (κ1) is 11.2. The Bertz CT molecular complexity index is 254. The van der Waals surface area contributed by atoms with Gasteiger partial charge in [-0.2, -0.15) is 0 Å². The molecule has 0 heterocycles. The lowest BCUT2D eigenvalue weighted by molar-refractivity contribution is 0.467. The Morgan fingerprint density at radius 3 is 2.36 bits per heavy atom. The number of benzene rings is 1. The van der Waals surface area contributed by atoms with E-state index in [1.165, 1.54) is 11.1 Å². The van der Waals surface area contributed by atoms with Crippen molar-refractivity contribution in [2.45, 2.75) is 26.3 Å². The standard InChI is InChI=1S/C12H18FN/c1-10(2)12-5-3-11(4-6-12)9-14-8-7-13/h3-6,10,14H,7-9H2,1-2H3. The van der Waals surface area contributed by atoms with Crippen molar-refractivity contribution in [3.05, 3.63) is 35.4 Å². The maximum absolute atomic E-state index is 11.8. The van der Waals surface area contributed by atoms with E-state index in [1.807, 2.05) is 0 Å². The average Bonchev–Trinajstić information content (AvgIpc) is 2.19. The molecule has 1 aromatic rings. The normalized spacial score (nSPS) is 10.9. The quantitative estimate of drug-likeness (QED) is 0.712. The zero-order chi connectivity index (χ0) is 10.4. The highest BCUT2D eigenvalue weighted by Crippen LogP contribution is 2.14. The molecule has 1 N–H and O–H groups in total. The van der Waals surface area contributed by atoms with Gasteiger partial charge in [-0.25, -0.2) is 4.39 Å². The van der Waals surface area contributed by atoms with Crippen LogP contribution in [-0.4, -0.2) is 13.2 Å². The maximum atomic E-state index is 11.8. The summed E-state index contributed by atoms with van der Waals surface area (Å²) in [5.74, 6) is 0.572. The summed E-state index contributed by atoms with van der Waals surface area (Å²) < 4.78 is 11.8. The zero-order valence-corrected chi connectivity index (χ0v) is 8.89. The topological polar surface area (TPSA) is 12.0 Å². The molecular formula is C12H18FN. The average molecular weight is 195 g/mol. The minimum absolute atomic E-state index is 0.302. The van der Waals surface area contributed by atoms with Gasteiger partial charge in [0.1, 0.15) is 6.67 Å². The lowest BCUT2D eigenvalue weighted by Crippen LogP contribution is -2.15. The van der Waals surface area contributed by atoms with Crippen LogP contribution in [0.4, 0.5) is 4.39 Å². The fourth-order valence-corrected chi connectivity index (χ4v) is 1.32. The Morgan fingerprint density at radius 1 is 1.21 bits per heavy atom. The van der Waals surface area contributed by atoms with E-state index in [0.717, 1.165) is 6.54 Å². The van der Waals surface area contributed by atoms with E-state index in [0.29, 0.717) is 12.5 Å². The summed E-state index contributed by atoms with van der Waals surface area (Å²) in [6, 6.07) is 8.47. The van der Waals surface area contributed by atoms with Crippen molar-refractivity contribution in [1.82, 2.24) is 5.32 Å². The summed E-state index contributed by atoms with van der Waals surface area (Å²) in [6.45, 7) is 5.24. The van der Waals surface area contributed by atoms with Crippen LogP contribution in [0, 0.1) is 0 Å². The van der Waals surface area contributed by atoms with Gasteiger partial charge in [-0.3, -0.25) is 0 Å². The highest BCUT2D eigenvalue weighted by Gasteiger charge is 1.98. The number of alkyl halides is 1. The van der Waals surface area contributed by atoms with Crippen LogP contribution in [0.15, 0.2) is 24.3 Å². The van der Waals surface area contributed by atoms with Crippen LogP contribution in [-0.2, 0) is 6.54 Å². The fraction of sp³-hybridized carbons (Fsp3) is 0.500. The zero-order valence-electron chi connectivity index (χ0n) is 8.89. The first-order valence-corrected chi connectivity index (χ1v) is 5.09. The van der Waals surface area contributed by atoms with Gasteiger partial charge in [-0.05, 0) is 17.0 Å². The van der Waals surface area contributed by atoms with Gasteiger partial charge in [0, 0.05) is 13.1 Å². The van der Waals surface area contributed by atoms with Crippen molar-refractivity contribution in [1.29, 1.82) is 0 Å². The van der Waals surface area contributed by atoms with Gasteiger partial charge in [0.15, 0.2) is 0 Å². The molecule has 1 nitrogen and oxygen atoms in total. The van der Waals surface area contributed by atoms with Crippen LogP contribution in [0.5, 0.6) is 0 Å². The first-order chi connectivity index (χ1) is 6.74. The lowest BCUT2D eigenvalue weighted by atomic mass is 10.0. The minimum atomic E-state index is -0.302. The Morgan fingerprint density at radius 2 is 1.86 bits per heavy atom. The Balaban J connectivity index is 2.47. The molecule has 0 saturated heterocycles. The molecule has 0 spiro atoms. The van der Waals surface area contributed by atoms with Gasteiger partial charge in [-0.1, -0.05) is 38.1 Å². The van der Waals surface area contributed by atoms with E-state index in [1.54, 1.807) is 0 Å². The van der Waals surface area contributed by atoms with Gasteiger partial charge in [-0.15, -0.1) is 0 Å². The second-order valence-electron chi connectivity index (χ2n) is 3.76. The van der Waals surface area contributed by atoms with Gasteiger partial charge in [0.05, 0.1) is 0 Å². The molecule has 0 atom stereocenters. The third kappa shape index (κ3) is 3.46. The summed E-state index contributed by atoms with van der Waals surface area (Å²) >= 11 is 0. The fourth-order valence-electron chi connectivity index (χ4n) is 1.32. The summed E-state index contributed by atoms with van der Waals surface area (Å²) in [6.07, 6.45) is 0. The predicted octanol–water partition coefficient (Wildman–Crippen LogP) is 2.87. The van der Waals surface area contributed by atoms with E-state index >= 15 is 0 Å². The van der Waals surface area contributed by atoms with E-state index in [-0.39, 0.29) is 6.67 Å². The second kappa shape index (κ2) is 5.76. The third-order valence-electron chi connectivity index (χ3n) is 2.25. The Hall–Kier alpha value is -0.890. The molecule has 0 bridgehead atoms. The Kier molecular flexibility index (Phi) is 4.60. The van der Waals surface area contributed by atoms with Crippen LogP contribution in [0.25, 0.3) is 0 Å². The molecule has 0 radical (unpaired) electrons. The predicted molar refractivity (Wildman–Crippen MR) is 58.2 cm³/mol. The van der Waals surface area contributed by atoms with Crippen LogP contribution < -0.4 is 5.32 Å². The second-order valence-corrected chi connectivity index (χ2v) is 3.76. The molecule has 1 rings (SSSR count). The lowest BCUT2D eigenvalue weighted by Gasteiger charge is -2.07. The molecule has 0 aliphatic heterocycles. The van der Waals surface area contributed by atoms with E-state index in [2.05, 4.69) is 43.4 Å². The van der Waals surface area contributed by atoms with Crippen molar-refractivity contribution in [2.24, 2.45) is 0 Å². The minimum Gasteiger partial charge on any atom is -0.310 e.